The van der Waals surface area contributed by atoms with Crippen LogP contribution in [0.1, 0.15) is 36.9 Å². The second-order valence-corrected chi connectivity index (χ2v) is 9.25. The van der Waals surface area contributed by atoms with Crippen molar-refractivity contribution in [2.75, 3.05) is 19.8 Å². The minimum atomic E-state index is -4.55. The molecule has 1 aromatic carbocycles. The van der Waals surface area contributed by atoms with Gasteiger partial charge in [-0.25, -0.2) is 4.79 Å². The summed E-state index contributed by atoms with van der Waals surface area (Å²) in [6, 6.07) is 4.18. The number of ether oxygens (including phenoxy) is 3. The molecule has 1 aliphatic heterocycles. The van der Waals surface area contributed by atoms with Crippen LogP contribution in [-0.4, -0.2) is 53.8 Å². The Balaban J connectivity index is 1.66. The Hall–Kier alpha value is -2.27. The molecule has 1 amide bonds. The van der Waals surface area contributed by atoms with Crippen LogP contribution in [0.25, 0.3) is 11.3 Å². The van der Waals surface area contributed by atoms with Crippen molar-refractivity contribution in [2.45, 2.75) is 63.6 Å². The third-order valence-corrected chi connectivity index (χ3v) is 6.73. The lowest BCUT2D eigenvalue weighted by molar-refractivity contribution is -0.137. The van der Waals surface area contributed by atoms with Gasteiger partial charge in [0.15, 0.2) is 5.75 Å². The van der Waals surface area contributed by atoms with Crippen molar-refractivity contribution in [3.8, 4) is 17.0 Å². The summed E-state index contributed by atoms with van der Waals surface area (Å²) in [5.41, 5.74) is 0.181. The van der Waals surface area contributed by atoms with Gasteiger partial charge in [0.25, 0.3) is 0 Å². The molecular formula is C24H28ClF3N2O5. The number of benzene rings is 1. The first kappa shape index (κ1) is 25.8. The van der Waals surface area contributed by atoms with E-state index in [2.05, 4.69) is 5.32 Å². The molecule has 7 nitrogen and oxygen atoms in total. The molecule has 4 rings (SSSR count). The Morgan fingerprint density at radius 2 is 2.03 bits per heavy atom. The van der Waals surface area contributed by atoms with Crippen molar-refractivity contribution in [3.05, 3.63) is 40.5 Å². The highest BCUT2D eigenvalue weighted by Gasteiger charge is 2.32. The predicted molar refractivity (Wildman–Crippen MR) is 123 cm³/mol. The molecule has 11 heteroatoms. The Morgan fingerprint density at radius 1 is 1.26 bits per heavy atom. The van der Waals surface area contributed by atoms with E-state index in [1.54, 1.807) is 11.5 Å². The summed E-state index contributed by atoms with van der Waals surface area (Å²) in [6.07, 6.45) is -3.25. The zero-order valence-electron chi connectivity index (χ0n) is 19.2. The summed E-state index contributed by atoms with van der Waals surface area (Å²) >= 11 is 6.32. The Bertz CT molecular complexity index is 1050. The van der Waals surface area contributed by atoms with Crippen molar-refractivity contribution in [3.63, 3.8) is 0 Å². The largest absolute Gasteiger partial charge is 0.416 e. The van der Waals surface area contributed by atoms with E-state index in [-0.39, 0.29) is 29.0 Å². The van der Waals surface area contributed by atoms with Gasteiger partial charge in [-0.05, 0) is 38.0 Å². The summed E-state index contributed by atoms with van der Waals surface area (Å²) in [4.78, 5) is 12.6. The molecule has 1 saturated carbocycles. The van der Waals surface area contributed by atoms with Gasteiger partial charge in [0.1, 0.15) is 0 Å². The fraction of sp³-hybridized carbons (Fsp3) is 0.542. The summed E-state index contributed by atoms with van der Waals surface area (Å²) in [5.74, 6) is 0.174. The van der Waals surface area contributed by atoms with Crippen LogP contribution in [0.2, 0.25) is 5.02 Å². The summed E-state index contributed by atoms with van der Waals surface area (Å²) < 4.78 is 58.7. The van der Waals surface area contributed by atoms with E-state index >= 15 is 0 Å². The minimum Gasteiger partial charge on any atom is -0.408 e. The molecule has 2 fully saturated rings. The number of amides is 1. The van der Waals surface area contributed by atoms with Gasteiger partial charge < -0.3 is 29.2 Å². The maximum Gasteiger partial charge on any atom is 0.416 e. The highest BCUT2D eigenvalue weighted by atomic mass is 35.5. The van der Waals surface area contributed by atoms with Crippen LogP contribution in [0.5, 0.6) is 5.75 Å². The summed E-state index contributed by atoms with van der Waals surface area (Å²) in [7, 11) is 0. The maximum absolute atomic E-state index is 13.4. The fourth-order valence-corrected chi connectivity index (χ4v) is 4.70. The van der Waals surface area contributed by atoms with Crippen LogP contribution >= 0.6 is 11.6 Å². The smallest absolute Gasteiger partial charge is 0.408 e. The van der Waals surface area contributed by atoms with E-state index in [9.17, 15) is 23.1 Å². The average molecular weight is 517 g/mol. The molecule has 2 aliphatic rings. The molecule has 2 aromatic rings. The number of nitrogens with zero attached hydrogens (tertiary/aromatic N) is 1. The third kappa shape index (κ3) is 6.11. The molecule has 1 saturated heterocycles. The molecule has 0 radical (unpaired) electrons. The lowest BCUT2D eigenvalue weighted by Crippen LogP contribution is -2.46. The lowest BCUT2D eigenvalue weighted by Gasteiger charge is -2.27. The second-order valence-electron chi connectivity index (χ2n) is 8.84. The van der Waals surface area contributed by atoms with Crippen LogP contribution in [0.4, 0.5) is 18.0 Å². The Labute approximate surface area is 206 Å². The molecule has 192 valence electrons. The number of carbonyl (C=O) groups is 1. The number of aromatic nitrogens is 1. The van der Waals surface area contributed by atoms with Gasteiger partial charge >= 0.3 is 12.3 Å². The highest BCUT2D eigenvalue weighted by Crippen LogP contribution is 2.39. The maximum atomic E-state index is 13.4. The van der Waals surface area contributed by atoms with Crippen LogP contribution < -0.4 is 10.1 Å². The van der Waals surface area contributed by atoms with E-state index < -0.39 is 30.0 Å². The van der Waals surface area contributed by atoms with Gasteiger partial charge in [-0.1, -0.05) is 24.4 Å². The van der Waals surface area contributed by atoms with Gasteiger partial charge in [-0.15, -0.1) is 0 Å². The zero-order valence-corrected chi connectivity index (χ0v) is 20.0. The van der Waals surface area contributed by atoms with E-state index in [0.29, 0.717) is 44.1 Å². The third-order valence-electron chi connectivity index (χ3n) is 6.40. The van der Waals surface area contributed by atoms with Crippen molar-refractivity contribution in [2.24, 2.45) is 0 Å². The topological polar surface area (TPSA) is 82.0 Å². The van der Waals surface area contributed by atoms with Crippen molar-refractivity contribution in [1.82, 2.24) is 9.88 Å². The van der Waals surface area contributed by atoms with E-state index in [4.69, 9.17) is 25.8 Å². The van der Waals surface area contributed by atoms with E-state index in [0.717, 1.165) is 25.0 Å². The van der Waals surface area contributed by atoms with Crippen LogP contribution in [0, 0.1) is 6.92 Å². The molecule has 2 heterocycles. The fourth-order valence-electron chi connectivity index (χ4n) is 4.49. The number of carbonyl (C=O) groups excluding carboxylic acids is 1. The van der Waals surface area contributed by atoms with Gasteiger partial charge in [-0.2, -0.15) is 13.2 Å². The molecule has 2 N–H and O–H groups in total. The highest BCUT2D eigenvalue weighted by molar-refractivity contribution is 6.33. The number of hydrogen-bond donors (Lipinski definition) is 2. The minimum absolute atomic E-state index is 0.124. The Kier molecular flexibility index (Phi) is 7.95. The SMILES string of the molecule is Cc1c(OC(=O)N[C@@H]2CCCC[C@H]2O)cc(-c2cc(C(F)(F)F)ccc2Cl)n1CC1COCCO1. The van der Waals surface area contributed by atoms with E-state index in [1.807, 2.05) is 0 Å². The van der Waals surface area contributed by atoms with Crippen LogP contribution in [0.15, 0.2) is 24.3 Å². The molecule has 1 unspecified atom stereocenters. The monoisotopic (exact) mass is 516 g/mol. The molecular weight excluding hydrogens is 489 g/mol. The average Bonchev–Trinajstić information content (AvgIpc) is 3.10. The first-order valence-corrected chi connectivity index (χ1v) is 11.9. The quantitative estimate of drug-likeness (QED) is 0.588. The normalized spacial score (nSPS) is 23.2. The number of aliphatic hydroxyl groups excluding tert-OH is 1. The number of aliphatic hydroxyl groups is 1. The van der Waals surface area contributed by atoms with Gasteiger partial charge in [0, 0.05) is 16.7 Å². The summed E-state index contributed by atoms with van der Waals surface area (Å²) in [6.45, 7) is 3.16. The molecule has 0 bridgehead atoms. The van der Waals surface area contributed by atoms with Gasteiger partial charge in [0.05, 0.1) is 61.6 Å². The standard InChI is InChI=1S/C24H28ClF3N2O5/c1-14-22(35-23(32)29-19-4-2-3-5-21(19)31)11-20(30(14)12-16-13-33-8-9-34-16)17-10-15(24(26,27)28)6-7-18(17)25/h6-7,10-11,16,19,21,31H,2-5,8-9,12-13H2,1H3,(H,29,32)/t16?,19-,21-/m1/s1. The summed E-state index contributed by atoms with van der Waals surface area (Å²) in [5, 5.41) is 13.0. The molecule has 35 heavy (non-hydrogen) atoms. The number of alkyl halides is 3. The number of hydrogen-bond acceptors (Lipinski definition) is 5. The van der Waals surface area contributed by atoms with Gasteiger partial charge in [0.2, 0.25) is 0 Å². The molecule has 1 aromatic heterocycles. The van der Waals surface area contributed by atoms with Crippen molar-refractivity contribution < 1.29 is 37.3 Å². The van der Waals surface area contributed by atoms with Gasteiger partial charge in [-0.3, -0.25) is 0 Å². The number of nitrogens with one attached hydrogen (secondary N) is 1. The first-order chi connectivity index (χ1) is 16.6. The predicted octanol–water partition coefficient (Wildman–Crippen LogP) is 4.94. The Morgan fingerprint density at radius 3 is 2.71 bits per heavy atom. The van der Waals surface area contributed by atoms with Crippen molar-refractivity contribution in [1.29, 1.82) is 0 Å². The second kappa shape index (κ2) is 10.8. The van der Waals surface area contributed by atoms with E-state index in [1.165, 1.54) is 12.1 Å². The molecule has 0 spiro atoms. The lowest BCUT2D eigenvalue weighted by atomic mass is 9.93. The number of halogens is 4. The van der Waals surface area contributed by atoms with Crippen molar-refractivity contribution >= 4 is 17.7 Å². The molecule has 3 atom stereocenters. The first-order valence-electron chi connectivity index (χ1n) is 11.6. The zero-order chi connectivity index (χ0) is 25.2. The van der Waals surface area contributed by atoms with Crippen LogP contribution in [-0.2, 0) is 22.2 Å². The molecule has 1 aliphatic carbocycles. The van der Waals surface area contributed by atoms with Crippen LogP contribution in [0.3, 0.4) is 0 Å². The number of rotatable bonds is 5.